The smallest absolute Gasteiger partial charge is 0.320 e. The molecule has 2 aliphatic rings. The van der Waals surface area contributed by atoms with Gasteiger partial charge in [0.2, 0.25) is 0 Å². The van der Waals surface area contributed by atoms with Gasteiger partial charge in [0, 0.05) is 36.2 Å². The molecule has 19 heavy (non-hydrogen) atoms. The van der Waals surface area contributed by atoms with Crippen LogP contribution in [0.25, 0.3) is 0 Å². The Morgan fingerprint density at radius 3 is 2.32 bits per heavy atom. The molecule has 1 saturated carbocycles. The second-order valence-corrected chi connectivity index (χ2v) is 7.39. The topological polar surface area (TPSA) is 60.9 Å². The first kappa shape index (κ1) is 14.5. The third kappa shape index (κ3) is 4.03. The Kier molecular flexibility index (Phi) is 4.60. The maximum atomic E-state index is 12.5. The summed E-state index contributed by atoms with van der Waals surface area (Å²) < 4.78 is 0. The van der Waals surface area contributed by atoms with Gasteiger partial charge in [0.15, 0.2) is 0 Å². The van der Waals surface area contributed by atoms with Gasteiger partial charge in [0.25, 0.3) is 0 Å². The van der Waals surface area contributed by atoms with Crippen LogP contribution in [0.1, 0.15) is 33.1 Å². The van der Waals surface area contributed by atoms with Crippen LogP contribution in [0.3, 0.4) is 0 Å². The van der Waals surface area contributed by atoms with Crippen molar-refractivity contribution in [1.82, 2.24) is 9.80 Å². The summed E-state index contributed by atoms with van der Waals surface area (Å²) in [7, 11) is 0. The Labute approximate surface area is 118 Å². The first-order valence-corrected chi connectivity index (χ1v) is 7.84. The van der Waals surface area contributed by atoms with E-state index >= 15 is 0 Å². The van der Waals surface area contributed by atoms with Gasteiger partial charge in [-0.3, -0.25) is 4.79 Å². The molecule has 1 N–H and O–H groups in total. The van der Waals surface area contributed by atoms with Crippen molar-refractivity contribution in [2.45, 2.75) is 49.7 Å². The van der Waals surface area contributed by atoms with Crippen LogP contribution in [0.4, 0.5) is 4.79 Å². The number of rotatable bonds is 4. The number of carbonyl (C=O) groups is 2. The average Bonchev–Trinajstić information content (AvgIpc) is 3.11. The summed E-state index contributed by atoms with van der Waals surface area (Å²) >= 11 is 1.91. The number of thioether (sulfide) groups is 1. The van der Waals surface area contributed by atoms with E-state index in [2.05, 4.69) is 13.8 Å². The summed E-state index contributed by atoms with van der Waals surface area (Å²) in [5.74, 6) is -0.839. The number of urea groups is 1. The molecule has 0 bridgehead atoms. The maximum Gasteiger partial charge on any atom is 0.320 e. The van der Waals surface area contributed by atoms with Crippen molar-refractivity contribution < 1.29 is 14.7 Å². The SMILES string of the molecule is CC1CN(C(=O)N(CCC(=O)O)C2CC2)CC(C)S1. The zero-order chi connectivity index (χ0) is 14.0. The predicted octanol–water partition coefficient (Wildman–Crippen LogP) is 1.87. The molecule has 0 aromatic heterocycles. The van der Waals surface area contributed by atoms with E-state index in [0.717, 1.165) is 25.9 Å². The number of carboxylic acid groups (broad SMARTS) is 1. The van der Waals surface area contributed by atoms with E-state index in [0.29, 0.717) is 17.0 Å². The van der Waals surface area contributed by atoms with Crippen LogP contribution in [0, 0.1) is 0 Å². The molecular formula is C13H22N2O3S. The second-order valence-electron chi connectivity index (χ2n) is 5.51. The Balaban J connectivity index is 1.96. The molecule has 2 unspecified atom stereocenters. The molecule has 2 fully saturated rings. The summed E-state index contributed by atoms with van der Waals surface area (Å²) in [5.41, 5.74) is 0. The van der Waals surface area contributed by atoms with Gasteiger partial charge in [-0.25, -0.2) is 4.79 Å². The Hall–Kier alpha value is -0.910. The van der Waals surface area contributed by atoms with E-state index in [1.165, 1.54) is 0 Å². The second kappa shape index (κ2) is 6.03. The van der Waals surface area contributed by atoms with Crippen molar-refractivity contribution >= 4 is 23.8 Å². The summed E-state index contributed by atoms with van der Waals surface area (Å²) in [5, 5.41) is 9.69. The molecule has 2 amide bonds. The molecule has 0 spiro atoms. The molecule has 2 rings (SSSR count). The summed E-state index contributed by atoms with van der Waals surface area (Å²) in [4.78, 5) is 26.9. The minimum atomic E-state index is -0.839. The normalized spacial score (nSPS) is 27.2. The van der Waals surface area contributed by atoms with E-state index in [1.807, 2.05) is 16.7 Å². The van der Waals surface area contributed by atoms with Crippen molar-refractivity contribution in [3.05, 3.63) is 0 Å². The maximum absolute atomic E-state index is 12.5. The largest absolute Gasteiger partial charge is 0.481 e. The van der Waals surface area contributed by atoms with Crippen LogP contribution in [-0.4, -0.2) is 63.1 Å². The van der Waals surface area contributed by atoms with Crippen LogP contribution in [-0.2, 0) is 4.79 Å². The number of aliphatic carboxylic acids is 1. The molecule has 0 radical (unpaired) electrons. The Bertz CT molecular complexity index is 350. The van der Waals surface area contributed by atoms with Gasteiger partial charge in [-0.1, -0.05) is 13.8 Å². The van der Waals surface area contributed by atoms with Gasteiger partial charge in [-0.15, -0.1) is 0 Å². The molecular weight excluding hydrogens is 264 g/mol. The minimum Gasteiger partial charge on any atom is -0.481 e. The van der Waals surface area contributed by atoms with Gasteiger partial charge >= 0.3 is 12.0 Å². The molecule has 5 nitrogen and oxygen atoms in total. The van der Waals surface area contributed by atoms with Crippen LogP contribution < -0.4 is 0 Å². The van der Waals surface area contributed by atoms with E-state index < -0.39 is 5.97 Å². The minimum absolute atomic E-state index is 0.0303. The van der Waals surface area contributed by atoms with Gasteiger partial charge in [0.1, 0.15) is 0 Å². The van der Waals surface area contributed by atoms with Crippen molar-refractivity contribution in [2.75, 3.05) is 19.6 Å². The molecule has 2 atom stereocenters. The highest BCUT2D eigenvalue weighted by Crippen LogP contribution is 2.30. The number of nitrogens with zero attached hydrogens (tertiary/aromatic N) is 2. The first-order chi connectivity index (χ1) is 8.97. The summed E-state index contributed by atoms with van der Waals surface area (Å²) in [6.07, 6.45) is 2.06. The zero-order valence-corrected chi connectivity index (χ0v) is 12.4. The van der Waals surface area contributed by atoms with Crippen molar-refractivity contribution in [3.63, 3.8) is 0 Å². The predicted molar refractivity (Wildman–Crippen MR) is 75.5 cm³/mol. The molecule has 6 heteroatoms. The van der Waals surface area contributed by atoms with Gasteiger partial charge < -0.3 is 14.9 Å². The lowest BCUT2D eigenvalue weighted by Crippen LogP contribution is -2.51. The van der Waals surface area contributed by atoms with Crippen LogP contribution in [0.5, 0.6) is 0 Å². The number of carboxylic acids is 1. The quantitative estimate of drug-likeness (QED) is 0.857. The first-order valence-electron chi connectivity index (χ1n) is 6.90. The molecule has 0 aromatic carbocycles. The van der Waals surface area contributed by atoms with Crippen molar-refractivity contribution in [1.29, 1.82) is 0 Å². The van der Waals surface area contributed by atoms with Crippen LogP contribution in [0.2, 0.25) is 0 Å². The fourth-order valence-corrected chi connectivity index (χ4v) is 3.88. The molecule has 1 aliphatic heterocycles. The standard InChI is InChI=1S/C13H22N2O3S/c1-9-7-14(8-10(2)19-9)13(18)15(11-3-4-11)6-5-12(16)17/h9-11H,3-8H2,1-2H3,(H,16,17). The number of amides is 2. The lowest BCUT2D eigenvalue weighted by molar-refractivity contribution is -0.137. The fourth-order valence-electron chi connectivity index (χ4n) is 2.55. The van der Waals surface area contributed by atoms with Gasteiger partial charge in [0.05, 0.1) is 6.42 Å². The van der Waals surface area contributed by atoms with Gasteiger partial charge in [-0.2, -0.15) is 11.8 Å². The lowest BCUT2D eigenvalue weighted by atomic mass is 10.3. The zero-order valence-electron chi connectivity index (χ0n) is 11.5. The highest BCUT2D eigenvalue weighted by Gasteiger charge is 2.36. The summed E-state index contributed by atoms with van der Waals surface area (Å²) in [6.45, 7) is 6.15. The van der Waals surface area contributed by atoms with Crippen molar-refractivity contribution in [2.24, 2.45) is 0 Å². The monoisotopic (exact) mass is 286 g/mol. The lowest BCUT2D eigenvalue weighted by Gasteiger charge is -2.38. The van der Waals surface area contributed by atoms with E-state index in [1.54, 1.807) is 4.90 Å². The molecule has 1 aliphatic carbocycles. The van der Waals surface area contributed by atoms with Crippen molar-refractivity contribution in [3.8, 4) is 0 Å². The fraction of sp³-hybridized carbons (Fsp3) is 0.846. The van der Waals surface area contributed by atoms with E-state index in [-0.39, 0.29) is 18.5 Å². The summed E-state index contributed by atoms with van der Waals surface area (Å²) in [6, 6.07) is 0.301. The van der Waals surface area contributed by atoms with E-state index in [9.17, 15) is 9.59 Å². The third-order valence-corrected chi connectivity index (χ3v) is 4.72. The van der Waals surface area contributed by atoms with Crippen LogP contribution >= 0.6 is 11.8 Å². The Morgan fingerprint density at radius 1 is 1.26 bits per heavy atom. The molecule has 1 saturated heterocycles. The number of carbonyl (C=O) groups excluding carboxylic acids is 1. The molecule has 1 heterocycles. The number of hydrogen-bond donors (Lipinski definition) is 1. The molecule has 0 aromatic rings. The molecule has 108 valence electrons. The third-order valence-electron chi connectivity index (χ3n) is 3.49. The number of hydrogen-bond acceptors (Lipinski definition) is 3. The van der Waals surface area contributed by atoms with Crippen LogP contribution in [0.15, 0.2) is 0 Å². The highest BCUT2D eigenvalue weighted by molar-refractivity contribution is 8.00. The van der Waals surface area contributed by atoms with E-state index in [4.69, 9.17) is 5.11 Å². The Morgan fingerprint density at radius 2 is 1.84 bits per heavy atom. The van der Waals surface area contributed by atoms with Gasteiger partial charge in [-0.05, 0) is 12.8 Å². The average molecular weight is 286 g/mol. The highest BCUT2D eigenvalue weighted by atomic mass is 32.2.